The number of hydrogen-bond donors (Lipinski definition) is 2. The second-order valence-electron chi connectivity index (χ2n) is 7.92. The molecule has 0 saturated heterocycles. The number of ether oxygens (including phenoxy) is 1. The Kier molecular flexibility index (Phi) is 9.52. The van der Waals surface area contributed by atoms with Crippen LogP contribution < -0.4 is 15.4 Å². The van der Waals surface area contributed by atoms with Gasteiger partial charge in [-0.1, -0.05) is 30.3 Å². The Morgan fingerprint density at radius 1 is 0.824 bits per heavy atom. The van der Waals surface area contributed by atoms with E-state index in [9.17, 15) is 9.59 Å². The molecule has 178 valence electrons. The summed E-state index contributed by atoms with van der Waals surface area (Å²) < 4.78 is 5.80. The van der Waals surface area contributed by atoms with Gasteiger partial charge in [0.15, 0.2) is 0 Å². The molecule has 3 rings (SSSR count). The molecule has 34 heavy (non-hydrogen) atoms. The molecule has 0 atom stereocenters. The Labute approximate surface area is 201 Å². The van der Waals surface area contributed by atoms with Gasteiger partial charge in [-0.15, -0.1) is 0 Å². The Morgan fingerprint density at radius 3 is 2.12 bits per heavy atom. The smallest absolute Gasteiger partial charge is 0.253 e. The largest absolute Gasteiger partial charge is 0.494 e. The van der Waals surface area contributed by atoms with E-state index >= 15 is 0 Å². The van der Waals surface area contributed by atoms with Crippen molar-refractivity contribution in [3.05, 3.63) is 90.0 Å². The number of amides is 2. The highest BCUT2D eigenvalue weighted by Crippen LogP contribution is 2.17. The summed E-state index contributed by atoms with van der Waals surface area (Å²) in [6, 6.07) is 24.9. The first-order valence-corrected chi connectivity index (χ1v) is 11.8. The van der Waals surface area contributed by atoms with Gasteiger partial charge in [-0.25, -0.2) is 0 Å². The molecule has 0 aliphatic carbocycles. The molecule has 2 N–H and O–H groups in total. The lowest BCUT2D eigenvalue weighted by molar-refractivity contribution is -0.114. The molecule has 2 amide bonds. The third kappa shape index (κ3) is 7.66. The number of nitrogens with zero attached hydrogens (tertiary/aromatic N) is 1. The van der Waals surface area contributed by atoms with Crippen molar-refractivity contribution in [2.75, 3.05) is 36.9 Å². The number of aryl methyl sites for hydroxylation is 1. The van der Waals surface area contributed by atoms with Gasteiger partial charge in [-0.2, -0.15) is 0 Å². The third-order valence-electron chi connectivity index (χ3n) is 5.49. The van der Waals surface area contributed by atoms with Gasteiger partial charge in [-0.3, -0.25) is 9.59 Å². The SMILES string of the molecule is CCN(CC)C(=O)c1ccc(NCC(=O)Nc2ccc(OCCCc3ccccc3)cc2)cc1. The van der Waals surface area contributed by atoms with Gasteiger partial charge in [0.2, 0.25) is 5.91 Å². The number of anilines is 2. The van der Waals surface area contributed by atoms with Crippen LogP contribution in [-0.2, 0) is 11.2 Å². The number of rotatable bonds is 12. The number of carbonyl (C=O) groups excluding carboxylic acids is 2. The molecule has 3 aromatic rings. The second kappa shape index (κ2) is 13.0. The molecule has 0 radical (unpaired) electrons. The van der Waals surface area contributed by atoms with Crippen molar-refractivity contribution in [3.8, 4) is 5.75 Å². The highest BCUT2D eigenvalue weighted by Gasteiger charge is 2.12. The molecule has 0 saturated carbocycles. The summed E-state index contributed by atoms with van der Waals surface area (Å²) in [6.07, 6.45) is 1.93. The molecular weight excluding hydrogens is 426 g/mol. The highest BCUT2D eigenvalue weighted by molar-refractivity contribution is 5.95. The van der Waals surface area contributed by atoms with Crippen molar-refractivity contribution in [2.24, 2.45) is 0 Å². The molecular formula is C28H33N3O3. The first kappa shape index (κ1) is 24.8. The maximum atomic E-state index is 12.4. The first-order chi connectivity index (χ1) is 16.6. The van der Waals surface area contributed by atoms with Crippen LogP contribution in [0.1, 0.15) is 36.2 Å². The van der Waals surface area contributed by atoms with Gasteiger partial charge in [0.25, 0.3) is 5.91 Å². The van der Waals surface area contributed by atoms with Crippen LogP contribution in [-0.4, -0.2) is 43.0 Å². The van der Waals surface area contributed by atoms with Crippen molar-refractivity contribution >= 4 is 23.2 Å². The van der Waals surface area contributed by atoms with E-state index in [1.165, 1.54) is 5.56 Å². The van der Waals surface area contributed by atoms with E-state index in [0.717, 1.165) is 24.3 Å². The maximum absolute atomic E-state index is 12.4. The molecule has 0 bridgehead atoms. The predicted molar refractivity (Wildman–Crippen MR) is 138 cm³/mol. The van der Waals surface area contributed by atoms with E-state index in [1.807, 2.05) is 68.4 Å². The van der Waals surface area contributed by atoms with E-state index in [2.05, 4.69) is 22.8 Å². The quantitative estimate of drug-likeness (QED) is 0.364. The summed E-state index contributed by atoms with van der Waals surface area (Å²) in [7, 11) is 0. The Bertz CT molecular complexity index is 1030. The number of hydrogen-bond acceptors (Lipinski definition) is 4. The predicted octanol–water partition coefficient (Wildman–Crippen LogP) is 5.23. The van der Waals surface area contributed by atoms with E-state index in [1.54, 1.807) is 17.0 Å². The fourth-order valence-corrected chi connectivity index (χ4v) is 3.56. The van der Waals surface area contributed by atoms with Gasteiger partial charge >= 0.3 is 0 Å². The fourth-order valence-electron chi connectivity index (χ4n) is 3.56. The van der Waals surface area contributed by atoms with Crippen LogP contribution in [0.25, 0.3) is 0 Å². The van der Waals surface area contributed by atoms with Crippen LogP contribution in [0, 0.1) is 0 Å². The number of nitrogens with one attached hydrogen (secondary N) is 2. The molecule has 0 unspecified atom stereocenters. The molecule has 3 aromatic carbocycles. The molecule has 0 fully saturated rings. The minimum absolute atomic E-state index is 0.0120. The van der Waals surface area contributed by atoms with Crippen molar-refractivity contribution in [1.29, 1.82) is 0 Å². The Hall–Kier alpha value is -3.80. The monoisotopic (exact) mass is 459 g/mol. The minimum atomic E-state index is -0.153. The summed E-state index contributed by atoms with van der Waals surface area (Å²) in [4.78, 5) is 26.4. The average molecular weight is 460 g/mol. The third-order valence-corrected chi connectivity index (χ3v) is 5.49. The zero-order valence-corrected chi connectivity index (χ0v) is 19.9. The summed E-state index contributed by atoms with van der Waals surface area (Å²) in [6.45, 7) is 6.05. The maximum Gasteiger partial charge on any atom is 0.253 e. The molecule has 0 spiro atoms. The highest BCUT2D eigenvalue weighted by atomic mass is 16.5. The molecule has 0 aromatic heterocycles. The van der Waals surface area contributed by atoms with Gasteiger partial charge in [0.1, 0.15) is 5.75 Å². The average Bonchev–Trinajstić information content (AvgIpc) is 2.88. The van der Waals surface area contributed by atoms with E-state index in [0.29, 0.717) is 30.9 Å². The van der Waals surface area contributed by atoms with E-state index < -0.39 is 0 Å². The normalized spacial score (nSPS) is 10.4. The van der Waals surface area contributed by atoms with Gasteiger partial charge < -0.3 is 20.3 Å². The lowest BCUT2D eigenvalue weighted by Gasteiger charge is -2.18. The molecule has 0 heterocycles. The van der Waals surface area contributed by atoms with Crippen LogP contribution in [0.5, 0.6) is 5.75 Å². The van der Waals surface area contributed by atoms with Crippen molar-refractivity contribution in [2.45, 2.75) is 26.7 Å². The van der Waals surface area contributed by atoms with Crippen LogP contribution in [0.15, 0.2) is 78.9 Å². The zero-order valence-electron chi connectivity index (χ0n) is 19.9. The lowest BCUT2D eigenvalue weighted by Crippen LogP contribution is -2.30. The second-order valence-corrected chi connectivity index (χ2v) is 7.92. The van der Waals surface area contributed by atoms with Crippen molar-refractivity contribution < 1.29 is 14.3 Å². The lowest BCUT2D eigenvalue weighted by atomic mass is 10.1. The zero-order chi connectivity index (χ0) is 24.2. The van der Waals surface area contributed by atoms with Gasteiger partial charge in [0, 0.05) is 30.0 Å². The van der Waals surface area contributed by atoms with Crippen LogP contribution >= 0.6 is 0 Å². The fraction of sp³-hybridized carbons (Fsp3) is 0.286. The number of benzene rings is 3. The summed E-state index contributed by atoms with van der Waals surface area (Å²) in [5.41, 5.74) is 3.44. The minimum Gasteiger partial charge on any atom is -0.494 e. The van der Waals surface area contributed by atoms with E-state index in [4.69, 9.17) is 4.74 Å². The standard InChI is InChI=1S/C28H33N3O3/c1-3-31(4-2)28(33)23-12-14-24(15-13-23)29-21-27(32)30-25-16-18-26(19-17-25)34-20-8-11-22-9-6-5-7-10-22/h5-7,9-10,12-19,29H,3-4,8,11,20-21H2,1-2H3,(H,30,32). The Morgan fingerprint density at radius 2 is 1.47 bits per heavy atom. The topological polar surface area (TPSA) is 70.7 Å². The van der Waals surface area contributed by atoms with Crippen LogP contribution in [0.3, 0.4) is 0 Å². The van der Waals surface area contributed by atoms with Gasteiger partial charge in [-0.05, 0) is 80.8 Å². The Balaban J connectivity index is 1.38. The van der Waals surface area contributed by atoms with E-state index in [-0.39, 0.29) is 18.4 Å². The molecule has 0 aliphatic heterocycles. The molecule has 0 aliphatic rings. The summed E-state index contributed by atoms with van der Waals surface area (Å²) in [5.74, 6) is 0.640. The first-order valence-electron chi connectivity index (χ1n) is 11.8. The van der Waals surface area contributed by atoms with Gasteiger partial charge in [0.05, 0.1) is 13.2 Å². The van der Waals surface area contributed by atoms with Crippen LogP contribution in [0.2, 0.25) is 0 Å². The summed E-state index contributed by atoms with van der Waals surface area (Å²) >= 11 is 0. The van der Waals surface area contributed by atoms with Crippen molar-refractivity contribution in [3.63, 3.8) is 0 Å². The number of carbonyl (C=O) groups is 2. The van der Waals surface area contributed by atoms with Crippen molar-refractivity contribution in [1.82, 2.24) is 4.90 Å². The van der Waals surface area contributed by atoms with Crippen LogP contribution in [0.4, 0.5) is 11.4 Å². The summed E-state index contributed by atoms with van der Waals surface area (Å²) in [5, 5.41) is 5.96. The molecule has 6 nitrogen and oxygen atoms in total. The molecule has 6 heteroatoms.